The molecule has 2 amide bonds. The highest BCUT2D eigenvalue weighted by Gasteiger charge is 2.27. The number of anilines is 2. The summed E-state index contributed by atoms with van der Waals surface area (Å²) in [5, 5.41) is 12.2. The molecule has 0 atom stereocenters. The van der Waals surface area contributed by atoms with Crippen LogP contribution in [-0.4, -0.2) is 43.9 Å². The first-order valence-electron chi connectivity index (χ1n) is 10.3. The zero-order valence-electron chi connectivity index (χ0n) is 17.7. The van der Waals surface area contributed by atoms with E-state index in [1.165, 1.54) is 21.4 Å². The van der Waals surface area contributed by atoms with Crippen molar-refractivity contribution in [2.45, 2.75) is 28.7 Å². The van der Waals surface area contributed by atoms with Gasteiger partial charge >= 0.3 is 0 Å². The van der Waals surface area contributed by atoms with Crippen LogP contribution >= 0.6 is 34.9 Å². The maximum atomic E-state index is 12.9. The topological polar surface area (TPSA) is 93.0 Å². The summed E-state index contributed by atoms with van der Waals surface area (Å²) in [5.74, 6) is 1.33. The standard InChI is InChI=1S/C22H20N6O2S3/c1-2-27-18(12-32-22-24-15-8-4-6-10-17(15)33-22)25-26-21(27)31-13-20(30)28-11-19(29)23-14-7-3-5-9-16(14)28/h3-10H,2,11-13H2,1H3,(H,23,29). The number of hydrogen-bond donors (Lipinski definition) is 1. The Labute approximate surface area is 202 Å². The van der Waals surface area contributed by atoms with E-state index >= 15 is 0 Å². The third-order valence-electron chi connectivity index (χ3n) is 5.11. The van der Waals surface area contributed by atoms with E-state index in [1.807, 2.05) is 47.9 Å². The monoisotopic (exact) mass is 496 g/mol. The average Bonchev–Trinajstić information content (AvgIpc) is 3.43. The molecule has 0 saturated carbocycles. The number of nitrogens with zero attached hydrogens (tertiary/aromatic N) is 5. The molecule has 1 N–H and O–H groups in total. The van der Waals surface area contributed by atoms with Crippen molar-refractivity contribution in [2.24, 2.45) is 0 Å². The molecule has 0 saturated heterocycles. The Bertz CT molecular complexity index is 1300. The summed E-state index contributed by atoms with van der Waals surface area (Å²) in [6, 6.07) is 15.4. The van der Waals surface area contributed by atoms with Gasteiger partial charge in [0.25, 0.3) is 0 Å². The van der Waals surface area contributed by atoms with Gasteiger partial charge in [0.2, 0.25) is 11.8 Å². The lowest BCUT2D eigenvalue weighted by Gasteiger charge is -2.29. The smallest absolute Gasteiger partial charge is 0.244 e. The van der Waals surface area contributed by atoms with Gasteiger partial charge in [-0.15, -0.1) is 21.5 Å². The van der Waals surface area contributed by atoms with Crippen LogP contribution < -0.4 is 10.2 Å². The summed E-state index contributed by atoms with van der Waals surface area (Å²) < 4.78 is 4.18. The number of nitrogens with one attached hydrogen (secondary N) is 1. The van der Waals surface area contributed by atoms with E-state index < -0.39 is 0 Å². The van der Waals surface area contributed by atoms with Crippen molar-refractivity contribution in [3.63, 3.8) is 0 Å². The van der Waals surface area contributed by atoms with E-state index in [4.69, 9.17) is 0 Å². The van der Waals surface area contributed by atoms with Crippen molar-refractivity contribution in [3.05, 3.63) is 54.4 Å². The minimum absolute atomic E-state index is 0.0148. The van der Waals surface area contributed by atoms with Crippen LogP contribution in [0.2, 0.25) is 0 Å². The molecule has 0 fully saturated rings. The maximum Gasteiger partial charge on any atom is 0.244 e. The van der Waals surface area contributed by atoms with Crippen LogP contribution in [0, 0.1) is 0 Å². The van der Waals surface area contributed by atoms with Crippen LogP contribution in [0.15, 0.2) is 58.0 Å². The van der Waals surface area contributed by atoms with Crippen molar-refractivity contribution < 1.29 is 9.59 Å². The zero-order valence-corrected chi connectivity index (χ0v) is 20.2. The van der Waals surface area contributed by atoms with Crippen LogP contribution in [0.1, 0.15) is 12.7 Å². The average molecular weight is 497 g/mol. The molecule has 1 aliphatic rings. The Morgan fingerprint density at radius 1 is 1.12 bits per heavy atom. The normalized spacial score (nSPS) is 13.2. The number of para-hydroxylation sites is 3. The van der Waals surface area contributed by atoms with Crippen LogP contribution in [0.25, 0.3) is 10.2 Å². The first-order chi connectivity index (χ1) is 16.1. The molecule has 11 heteroatoms. The van der Waals surface area contributed by atoms with Crippen molar-refractivity contribution in [1.82, 2.24) is 19.7 Å². The number of carbonyl (C=O) groups is 2. The zero-order chi connectivity index (χ0) is 22.8. The van der Waals surface area contributed by atoms with Gasteiger partial charge in [-0.2, -0.15) is 0 Å². The molecule has 0 unspecified atom stereocenters. The number of amides is 2. The van der Waals surface area contributed by atoms with Gasteiger partial charge in [-0.25, -0.2) is 4.98 Å². The Morgan fingerprint density at radius 3 is 2.79 bits per heavy atom. The Hall–Kier alpha value is -2.89. The predicted molar refractivity (Wildman–Crippen MR) is 133 cm³/mol. The highest BCUT2D eigenvalue weighted by molar-refractivity contribution is 8.00. The third kappa shape index (κ3) is 4.61. The highest BCUT2D eigenvalue weighted by Crippen LogP contribution is 2.32. The molecule has 33 heavy (non-hydrogen) atoms. The van der Waals surface area contributed by atoms with Gasteiger partial charge in [-0.1, -0.05) is 47.8 Å². The fourth-order valence-corrected chi connectivity index (χ4v) is 6.45. The molecule has 0 spiro atoms. The van der Waals surface area contributed by atoms with Gasteiger partial charge in [0, 0.05) is 6.54 Å². The second kappa shape index (κ2) is 9.54. The fraction of sp³-hybridized carbons (Fsp3) is 0.227. The van der Waals surface area contributed by atoms with Gasteiger partial charge in [0.15, 0.2) is 9.50 Å². The summed E-state index contributed by atoms with van der Waals surface area (Å²) in [6.45, 7) is 2.75. The third-order valence-corrected chi connectivity index (χ3v) is 8.23. The number of thioether (sulfide) groups is 2. The van der Waals surface area contributed by atoms with Crippen LogP contribution in [0.5, 0.6) is 0 Å². The highest BCUT2D eigenvalue weighted by atomic mass is 32.2. The lowest BCUT2D eigenvalue weighted by Crippen LogP contribution is -2.43. The van der Waals surface area contributed by atoms with Crippen LogP contribution in [0.3, 0.4) is 0 Å². The number of thiazole rings is 1. The van der Waals surface area contributed by atoms with E-state index in [0.29, 0.717) is 28.8 Å². The molecular formula is C22H20N6O2S3. The molecule has 4 aromatic rings. The van der Waals surface area contributed by atoms with Crippen molar-refractivity contribution in [1.29, 1.82) is 0 Å². The number of aromatic nitrogens is 4. The minimum Gasteiger partial charge on any atom is -0.323 e. The molecule has 5 rings (SSSR count). The largest absolute Gasteiger partial charge is 0.323 e. The molecule has 1 aliphatic heterocycles. The van der Waals surface area contributed by atoms with Crippen molar-refractivity contribution in [3.8, 4) is 0 Å². The summed E-state index contributed by atoms with van der Waals surface area (Å²) in [7, 11) is 0. The summed E-state index contributed by atoms with van der Waals surface area (Å²) >= 11 is 4.64. The first kappa shape index (κ1) is 21.9. The lowest BCUT2D eigenvalue weighted by molar-refractivity contribution is -0.120. The van der Waals surface area contributed by atoms with E-state index in [0.717, 1.165) is 15.7 Å². The summed E-state index contributed by atoms with van der Waals surface area (Å²) in [6.07, 6.45) is 0. The van der Waals surface area contributed by atoms with Gasteiger partial charge in [-0.3, -0.25) is 9.59 Å². The molecule has 0 aliphatic carbocycles. The quantitative estimate of drug-likeness (QED) is 0.382. The SMILES string of the molecule is CCn1c(CSc2nc3ccccc3s2)nnc1SCC(=O)N1CC(=O)Nc2ccccc21. The maximum absolute atomic E-state index is 12.9. The molecule has 168 valence electrons. The van der Waals surface area contributed by atoms with E-state index in [9.17, 15) is 9.59 Å². The van der Waals surface area contributed by atoms with Gasteiger partial charge < -0.3 is 14.8 Å². The van der Waals surface area contributed by atoms with Crippen molar-refractivity contribution in [2.75, 3.05) is 22.5 Å². The molecule has 2 aromatic carbocycles. The number of benzene rings is 2. The predicted octanol–water partition coefficient (Wildman–Crippen LogP) is 4.28. The van der Waals surface area contributed by atoms with Gasteiger partial charge in [-0.05, 0) is 31.2 Å². The van der Waals surface area contributed by atoms with Gasteiger partial charge in [0.05, 0.1) is 33.1 Å². The Morgan fingerprint density at radius 2 is 1.94 bits per heavy atom. The number of hydrogen-bond acceptors (Lipinski definition) is 8. The van der Waals surface area contributed by atoms with E-state index in [2.05, 4.69) is 26.6 Å². The molecule has 8 nitrogen and oxygen atoms in total. The molecule has 0 radical (unpaired) electrons. The molecule has 3 heterocycles. The fourth-order valence-electron chi connectivity index (χ4n) is 3.55. The summed E-state index contributed by atoms with van der Waals surface area (Å²) in [5.41, 5.74) is 2.37. The molecular weight excluding hydrogens is 476 g/mol. The van der Waals surface area contributed by atoms with Crippen LogP contribution in [0.4, 0.5) is 11.4 Å². The second-order valence-corrected chi connectivity index (χ2v) is 10.4. The lowest BCUT2D eigenvalue weighted by atomic mass is 10.2. The Balaban J connectivity index is 1.25. The number of rotatable bonds is 7. The minimum atomic E-state index is -0.196. The van der Waals surface area contributed by atoms with E-state index in [1.54, 1.807) is 29.2 Å². The second-order valence-electron chi connectivity index (χ2n) is 7.21. The van der Waals surface area contributed by atoms with E-state index in [-0.39, 0.29) is 24.1 Å². The molecule has 0 bridgehead atoms. The summed E-state index contributed by atoms with van der Waals surface area (Å²) in [4.78, 5) is 31.1. The van der Waals surface area contributed by atoms with Gasteiger partial charge in [0.1, 0.15) is 12.4 Å². The van der Waals surface area contributed by atoms with Crippen molar-refractivity contribution >= 4 is 68.3 Å². The van der Waals surface area contributed by atoms with Crippen LogP contribution in [-0.2, 0) is 21.9 Å². The molecule has 2 aromatic heterocycles. The Kier molecular flexibility index (Phi) is 6.34. The first-order valence-corrected chi connectivity index (χ1v) is 13.1. The number of fused-ring (bicyclic) bond motifs is 2. The number of carbonyl (C=O) groups excluding carboxylic acids is 2.